The highest BCUT2D eigenvalue weighted by Gasteiger charge is 2.33. The zero-order valence-corrected chi connectivity index (χ0v) is 12.9. The van der Waals surface area contributed by atoms with Gasteiger partial charge in [-0.25, -0.2) is 0 Å². The van der Waals surface area contributed by atoms with Gasteiger partial charge in [-0.1, -0.05) is 11.6 Å². The number of hydrogen-bond donors (Lipinski definition) is 2. The SMILES string of the molecule is COCC1(CNC(=O)COc2ccc(Cl)cc2)CCCN1. The minimum atomic E-state index is -0.148. The summed E-state index contributed by atoms with van der Waals surface area (Å²) in [6.45, 7) is 2.08. The van der Waals surface area contributed by atoms with E-state index in [4.69, 9.17) is 21.1 Å². The molecule has 1 atom stereocenters. The summed E-state index contributed by atoms with van der Waals surface area (Å²) >= 11 is 5.79. The molecule has 0 aliphatic carbocycles. The van der Waals surface area contributed by atoms with Crippen LogP contribution in [0.3, 0.4) is 0 Å². The number of hydrogen-bond acceptors (Lipinski definition) is 4. The van der Waals surface area contributed by atoms with Crippen molar-refractivity contribution in [2.45, 2.75) is 18.4 Å². The molecule has 0 radical (unpaired) electrons. The molecule has 6 heteroatoms. The first-order valence-corrected chi connectivity index (χ1v) is 7.40. The van der Waals surface area contributed by atoms with Gasteiger partial charge in [-0.2, -0.15) is 0 Å². The Morgan fingerprint density at radius 3 is 2.81 bits per heavy atom. The van der Waals surface area contributed by atoms with Crippen molar-refractivity contribution >= 4 is 17.5 Å². The van der Waals surface area contributed by atoms with Gasteiger partial charge in [-0.3, -0.25) is 4.79 Å². The van der Waals surface area contributed by atoms with E-state index in [1.807, 2.05) is 0 Å². The Kier molecular flexibility index (Phi) is 5.85. The van der Waals surface area contributed by atoms with Crippen molar-refractivity contribution in [1.29, 1.82) is 0 Å². The van der Waals surface area contributed by atoms with E-state index in [2.05, 4.69) is 10.6 Å². The largest absolute Gasteiger partial charge is 0.484 e. The number of nitrogens with one attached hydrogen (secondary N) is 2. The van der Waals surface area contributed by atoms with E-state index in [-0.39, 0.29) is 18.1 Å². The third-order valence-electron chi connectivity index (χ3n) is 3.56. The summed E-state index contributed by atoms with van der Waals surface area (Å²) in [6.07, 6.45) is 2.10. The molecular weight excluding hydrogens is 292 g/mol. The first-order valence-electron chi connectivity index (χ1n) is 7.03. The highest BCUT2D eigenvalue weighted by atomic mass is 35.5. The van der Waals surface area contributed by atoms with Gasteiger partial charge in [0.1, 0.15) is 5.75 Å². The van der Waals surface area contributed by atoms with Crippen LogP contribution >= 0.6 is 11.6 Å². The molecule has 1 amide bonds. The van der Waals surface area contributed by atoms with Crippen LogP contribution in [0.5, 0.6) is 5.75 Å². The number of halogens is 1. The standard InChI is InChI=1S/C15H21ClN2O3/c1-20-11-15(7-2-8-18-15)10-17-14(19)9-21-13-5-3-12(16)4-6-13/h3-6,18H,2,7-11H2,1H3,(H,17,19). The third-order valence-corrected chi connectivity index (χ3v) is 3.81. The number of benzene rings is 1. The van der Waals surface area contributed by atoms with Crippen LogP contribution in [-0.2, 0) is 9.53 Å². The molecule has 1 heterocycles. The Bertz CT molecular complexity index is 458. The molecule has 2 N–H and O–H groups in total. The lowest BCUT2D eigenvalue weighted by Gasteiger charge is -2.28. The van der Waals surface area contributed by atoms with Crippen LogP contribution in [0.2, 0.25) is 5.02 Å². The fourth-order valence-corrected chi connectivity index (χ4v) is 2.59. The fraction of sp³-hybridized carbons (Fsp3) is 0.533. The highest BCUT2D eigenvalue weighted by Crippen LogP contribution is 2.19. The normalized spacial score (nSPS) is 21.2. The third kappa shape index (κ3) is 4.88. The lowest BCUT2D eigenvalue weighted by molar-refractivity contribution is -0.123. The van der Waals surface area contributed by atoms with Gasteiger partial charge in [-0.05, 0) is 43.7 Å². The van der Waals surface area contributed by atoms with Crippen molar-refractivity contribution < 1.29 is 14.3 Å². The molecule has 1 aliphatic heterocycles. The zero-order valence-electron chi connectivity index (χ0n) is 12.2. The first kappa shape index (κ1) is 16.1. The molecule has 0 aromatic heterocycles. The summed E-state index contributed by atoms with van der Waals surface area (Å²) in [6, 6.07) is 6.93. The molecule has 0 spiro atoms. The number of methoxy groups -OCH3 is 1. The van der Waals surface area contributed by atoms with E-state index < -0.39 is 0 Å². The van der Waals surface area contributed by atoms with Crippen LogP contribution < -0.4 is 15.4 Å². The molecule has 1 saturated heterocycles. The highest BCUT2D eigenvalue weighted by molar-refractivity contribution is 6.30. The van der Waals surface area contributed by atoms with E-state index in [9.17, 15) is 4.79 Å². The van der Waals surface area contributed by atoms with Crippen LogP contribution in [0.1, 0.15) is 12.8 Å². The molecule has 0 bridgehead atoms. The average molecular weight is 313 g/mol. The topological polar surface area (TPSA) is 59.6 Å². The van der Waals surface area contributed by atoms with Crippen LogP contribution in [0.15, 0.2) is 24.3 Å². The Hall–Kier alpha value is -1.30. The van der Waals surface area contributed by atoms with Crippen LogP contribution in [-0.4, -0.2) is 44.9 Å². The Morgan fingerprint density at radius 1 is 1.43 bits per heavy atom. The van der Waals surface area contributed by atoms with Crippen LogP contribution in [0, 0.1) is 0 Å². The summed E-state index contributed by atoms with van der Waals surface area (Å²) in [5.41, 5.74) is -0.148. The molecule has 2 rings (SSSR count). The summed E-state index contributed by atoms with van der Waals surface area (Å²) in [5, 5.41) is 6.95. The van der Waals surface area contributed by atoms with Gasteiger partial charge < -0.3 is 20.1 Å². The molecule has 1 unspecified atom stereocenters. The van der Waals surface area contributed by atoms with Gasteiger partial charge in [0.2, 0.25) is 0 Å². The van der Waals surface area contributed by atoms with Crippen molar-refractivity contribution in [3.8, 4) is 5.75 Å². The predicted molar refractivity (Wildman–Crippen MR) is 81.8 cm³/mol. The van der Waals surface area contributed by atoms with Crippen molar-refractivity contribution in [3.63, 3.8) is 0 Å². The van der Waals surface area contributed by atoms with E-state index in [0.717, 1.165) is 19.4 Å². The molecule has 1 fully saturated rings. The van der Waals surface area contributed by atoms with Crippen molar-refractivity contribution in [1.82, 2.24) is 10.6 Å². The van der Waals surface area contributed by atoms with Crippen LogP contribution in [0.4, 0.5) is 0 Å². The molecule has 21 heavy (non-hydrogen) atoms. The van der Waals surface area contributed by atoms with Gasteiger partial charge in [0.25, 0.3) is 5.91 Å². The van der Waals surface area contributed by atoms with Gasteiger partial charge in [0, 0.05) is 18.7 Å². The zero-order chi connectivity index (χ0) is 15.1. The Morgan fingerprint density at radius 2 is 2.19 bits per heavy atom. The molecule has 0 saturated carbocycles. The monoisotopic (exact) mass is 312 g/mol. The summed E-state index contributed by atoms with van der Waals surface area (Å²) in [5.74, 6) is 0.481. The second-order valence-corrected chi connectivity index (χ2v) is 5.70. The maximum atomic E-state index is 11.9. The maximum absolute atomic E-state index is 11.9. The minimum Gasteiger partial charge on any atom is -0.484 e. The minimum absolute atomic E-state index is 0.00923. The molecule has 1 aliphatic rings. The van der Waals surface area contributed by atoms with Gasteiger partial charge in [0.05, 0.1) is 12.1 Å². The van der Waals surface area contributed by atoms with E-state index in [0.29, 0.717) is 23.9 Å². The summed E-state index contributed by atoms with van der Waals surface area (Å²) < 4.78 is 10.7. The van der Waals surface area contributed by atoms with Crippen molar-refractivity contribution in [2.24, 2.45) is 0 Å². The number of amides is 1. The maximum Gasteiger partial charge on any atom is 0.258 e. The smallest absolute Gasteiger partial charge is 0.258 e. The number of rotatable bonds is 7. The second kappa shape index (κ2) is 7.64. The first-order chi connectivity index (χ1) is 10.1. The van der Waals surface area contributed by atoms with Gasteiger partial charge in [0.15, 0.2) is 6.61 Å². The molecule has 116 valence electrons. The van der Waals surface area contributed by atoms with E-state index in [1.54, 1.807) is 31.4 Å². The number of carbonyl (C=O) groups is 1. The van der Waals surface area contributed by atoms with Gasteiger partial charge in [-0.15, -0.1) is 0 Å². The molecular formula is C15H21ClN2O3. The van der Waals surface area contributed by atoms with E-state index in [1.165, 1.54) is 0 Å². The van der Waals surface area contributed by atoms with Gasteiger partial charge >= 0.3 is 0 Å². The lowest BCUT2D eigenvalue weighted by atomic mass is 9.99. The number of carbonyl (C=O) groups excluding carboxylic acids is 1. The molecule has 1 aromatic carbocycles. The molecule has 5 nitrogen and oxygen atoms in total. The van der Waals surface area contributed by atoms with Crippen molar-refractivity contribution in [2.75, 3.05) is 33.4 Å². The summed E-state index contributed by atoms with van der Waals surface area (Å²) in [7, 11) is 1.67. The second-order valence-electron chi connectivity index (χ2n) is 5.26. The Labute approximate surface area is 130 Å². The summed E-state index contributed by atoms with van der Waals surface area (Å²) in [4.78, 5) is 11.9. The van der Waals surface area contributed by atoms with E-state index >= 15 is 0 Å². The number of ether oxygens (including phenoxy) is 2. The fourth-order valence-electron chi connectivity index (χ4n) is 2.47. The quantitative estimate of drug-likeness (QED) is 0.803. The van der Waals surface area contributed by atoms with Crippen molar-refractivity contribution in [3.05, 3.63) is 29.3 Å². The van der Waals surface area contributed by atoms with Crippen LogP contribution in [0.25, 0.3) is 0 Å². The Balaban J connectivity index is 1.75. The average Bonchev–Trinajstić information content (AvgIpc) is 2.94. The molecule has 1 aromatic rings. The predicted octanol–water partition coefficient (Wildman–Crippen LogP) is 1.60. The lowest BCUT2D eigenvalue weighted by Crippen LogP contribution is -2.53.